The van der Waals surface area contributed by atoms with Crippen LogP contribution in [0.3, 0.4) is 0 Å². The minimum absolute atomic E-state index is 0.0265. The van der Waals surface area contributed by atoms with Crippen molar-refractivity contribution in [3.05, 3.63) is 69.5 Å². The number of nitro groups is 1. The molecule has 0 radical (unpaired) electrons. The molecule has 1 N–H and O–H groups in total. The van der Waals surface area contributed by atoms with E-state index < -0.39 is 22.3 Å². The Morgan fingerprint density at radius 3 is 2.76 bits per heavy atom. The van der Waals surface area contributed by atoms with Gasteiger partial charge in [0.2, 0.25) is 17.6 Å². The summed E-state index contributed by atoms with van der Waals surface area (Å²) in [5.41, 5.74) is 1.94. The number of carbonyl (C=O) groups is 2. The van der Waals surface area contributed by atoms with E-state index in [1.165, 1.54) is 22.1 Å². The van der Waals surface area contributed by atoms with Crippen LogP contribution in [0.25, 0.3) is 0 Å². The molecule has 0 spiro atoms. The zero-order valence-corrected chi connectivity index (χ0v) is 15.8. The van der Waals surface area contributed by atoms with Crippen LogP contribution in [0.5, 0.6) is 0 Å². The van der Waals surface area contributed by atoms with Crippen molar-refractivity contribution in [3.8, 4) is 0 Å². The number of anilines is 1. The van der Waals surface area contributed by atoms with Crippen LogP contribution in [0, 0.1) is 28.8 Å². The van der Waals surface area contributed by atoms with E-state index >= 15 is 0 Å². The Bertz CT molecular complexity index is 1010. The van der Waals surface area contributed by atoms with E-state index in [1.807, 2.05) is 25.1 Å². The molecule has 1 heterocycles. The maximum Gasteiger partial charge on any atom is 0.306 e. The normalized spacial score (nSPS) is 23.2. The van der Waals surface area contributed by atoms with Crippen molar-refractivity contribution in [2.75, 3.05) is 11.4 Å². The number of nitro benzene ring substituents is 1. The number of nitrogens with zero attached hydrogens (tertiary/aromatic N) is 2. The second-order valence-electron chi connectivity index (χ2n) is 7.61. The molecular formula is C21H20FN3O4. The molecule has 1 saturated heterocycles. The lowest BCUT2D eigenvalue weighted by Gasteiger charge is -2.16. The van der Waals surface area contributed by atoms with E-state index in [2.05, 4.69) is 11.4 Å². The van der Waals surface area contributed by atoms with Crippen molar-refractivity contribution >= 4 is 23.2 Å². The Hall–Kier alpha value is -3.29. The summed E-state index contributed by atoms with van der Waals surface area (Å²) in [6, 6.07) is 11.4. The average Bonchev–Trinajstić information content (AvgIpc) is 3.32. The number of nitrogens with one attached hydrogen (secondary N) is 1. The Morgan fingerprint density at radius 2 is 2.03 bits per heavy atom. The third-order valence-electron chi connectivity index (χ3n) is 5.64. The fourth-order valence-corrected chi connectivity index (χ4v) is 3.94. The maximum absolute atomic E-state index is 13.6. The minimum atomic E-state index is -0.962. The molecular weight excluding hydrogens is 377 g/mol. The summed E-state index contributed by atoms with van der Waals surface area (Å²) in [4.78, 5) is 36.4. The van der Waals surface area contributed by atoms with Crippen LogP contribution in [-0.2, 0) is 9.59 Å². The predicted octanol–water partition coefficient (Wildman–Crippen LogP) is 3.07. The molecule has 2 aromatic carbocycles. The van der Waals surface area contributed by atoms with Crippen molar-refractivity contribution < 1.29 is 18.9 Å². The molecule has 4 rings (SSSR count). The Labute approximate surface area is 166 Å². The molecule has 3 unspecified atom stereocenters. The van der Waals surface area contributed by atoms with Gasteiger partial charge in [0.05, 0.1) is 16.5 Å². The van der Waals surface area contributed by atoms with E-state index in [1.54, 1.807) is 0 Å². The lowest BCUT2D eigenvalue weighted by molar-refractivity contribution is -0.387. The molecule has 1 aliphatic carbocycles. The summed E-state index contributed by atoms with van der Waals surface area (Å²) < 4.78 is 13.6. The lowest BCUT2D eigenvalue weighted by atomic mass is 10.0. The summed E-state index contributed by atoms with van der Waals surface area (Å²) in [5, 5.41) is 14.0. The molecule has 3 atom stereocenters. The summed E-state index contributed by atoms with van der Waals surface area (Å²) in [7, 11) is 0. The second kappa shape index (κ2) is 7.27. The highest BCUT2D eigenvalue weighted by Gasteiger charge is 2.43. The van der Waals surface area contributed by atoms with Crippen LogP contribution in [-0.4, -0.2) is 29.3 Å². The van der Waals surface area contributed by atoms with Crippen molar-refractivity contribution in [3.63, 3.8) is 0 Å². The highest BCUT2D eigenvalue weighted by atomic mass is 19.1. The summed E-state index contributed by atoms with van der Waals surface area (Å²) in [6.07, 6.45) is 0.893. The molecule has 2 aromatic rings. The van der Waals surface area contributed by atoms with Crippen molar-refractivity contribution in [1.29, 1.82) is 0 Å². The fourth-order valence-electron chi connectivity index (χ4n) is 3.94. The molecule has 150 valence electrons. The lowest BCUT2D eigenvalue weighted by Crippen LogP contribution is -2.34. The monoisotopic (exact) mass is 397 g/mol. The number of amides is 2. The molecule has 1 saturated carbocycles. The van der Waals surface area contributed by atoms with Crippen LogP contribution in [0.1, 0.15) is 29.9 Å². The maximum atomic E-state index is 13.6. The highest BCUT2D eigenvalue weighted by Crippen LogP contribution is 2.42. The van der Waals surface area contributed by atoms with Crippen LogP contribution in [0.4, 0.5) is 15.8 Å². The molecule has 2 fully saturated rings. The zero-order valence-electron chi connectivity index (χ0n) is 15.8. The van der Waals surface area contributed by atoms with E-state index in [0.29, 0.717) is 0 Å². The second-order valence-corrected chi connectivity index (χ2v) is 7.61. The van der Waals surface area contributed by atoms with E-state index in [9.17, 15) is 24.1 Å². The smallest absolute Gasteiger partial charge is 0.306 e. The summed E-state index contributed by atoms with van der Waals surface area (Å²) in [5.74, 6) is -1.72. The third-order valence-corrected chi connectivity index (χ3v) is 5.64. The standard InChI is InChI=1S/C21H20FN3O4/c1-12-4-2-3-5-15(12)16-10-18(16)23-21(27)13-8-20(26)24(11-13)14-6-7-17(22)19(9-14)25(28)29/h2-7,9,13,16,18H,8,10-11H2,1H3,(H,23,27). The van der Waals surface area contributed by atoms with Gasteiger partial charge in [0.25, 0.3) is 0 Å². The SMILES string of the molecule is Cc1ccccc1C1CC1NC(=O)C1CC(=O)N(c2ccc(F)c([N+](=O)[O-])c2)C1. The van der Waals surface area contributed by atoms with Gasteiger partial charge in [-0.2, -0.15) is 4.39 Å². The van der Waals surface area contributed by atoms with Crippen molar-refractivity contribution in [1.82, 2.24) is 5.32 Å². The van der Waals surface area contributed by atoms with E-state index in [-0.39, 0.29) is 42.4 Å². The third kappa shape index (κ3) is 3.70. The number of hydrogen-bond donors (Lipinski definition) is 1. The average molecular weight is 397 g/mol. The van der Waals surface area contributed by atoms with Crippen LogP contribution in [0.15, 0.2) is 42.5 Å². The fraction of sp³-hybridized carbons (Fsp3) is 0.333. The van der Waals surface area contributed by atoms with Gasteiger partial charge in [-0.25, -0.2) is 0 Å². The molecule has 2 aliphatic rings. The number of rotatable bonds is 5. The van der Waals surface area contributed by atoms with Gasteiger partial charge in [0, 0.05) is 31.0 Å². The number of carbonyl (C=O) groups excluding carboxylic acids is 2. The number of benzene rings is 2. The van der Waals surface area contributed by atoms with Crippen molar-refractivity contribution in [2.45, 2.75) is 31.7 Å². The Kier molecular flexibility index (Phi) is 4.77. The first-order valence-corrected chi connectivity index (χ1v) is 9.45. The molecule has 1 aliphatic heterocycles. The van der Waals surface area contributed by atoms with Gasteiger partial charge in [0.1, 0.15) is 0 Å². The number of halogens is 1. The van der Waals surface area contributed by atoms with Gasteiger partial charge in [-0.1, -0.05) is 24.3 Å². The molecule has 8 heteroatoms. The van der Waals surface area contributed by atoms with Gasteiger partial charge in [-0.15, -0.1) is 0 Å². The highest BCUT2D eigenvalue weighted by molar-refractivity contribution is 6.00. The van der Waals surface area contributed by atoms with Gasteiger partial charge < -0.3 is 10.2 Å². The van der Waals surface area contributed by atoms with Gasteiger partial charge in [-0.05, 0) is 36.6 Å². The largest absolute Gasteiger partial charge is 0.352 e. The summed E-state index contributed by atoms with van der Waals surface area (Å²) >= 11 is 0. The first kappa shape index (κ1) is 19.0. The van der Waals surface area contributed by atoms with E-state index in [0.717, 1.165) is 18.6 Å². The van der Waals surface area contributed by atoms with Crippen molar-refractivity contribution in [2.24, 2.45) is 5.92 Å². The zero-order chi connectivity index (χ0) is 20.7. The molecule has 7 nitrogen and oxygen atoms in total. The van der Waals surface area contributed by atoms with Crippen LogP contribution >= 0.6 is 0 Å². The van der Waals surface area contributed by atoms with Gasteiger partial charge in [0.15, 0.2) is 0 Å². The number of hydrogen-bond acceptors (Lipinski definition) is 4. The van der Waals surface area contributed by atoms with E-state index in [4.69, 9.17) is 0 Å². The van der Waals surface area contributed by atoms with Gasteiger partial charge >= 0.3 is 5.69 Å². The topological polar surface area (TPSA) is 92.6 Å². The molecule has 29 heavy (non-hydrogen) atoms. The number of aryl methyl sites for hydroxylation is 1. The quantitative estimate of drug-likeness (QED) is 0.620. The molecule has 2 amide bonds. The molecule has 0 bridgehead atoms. The van der Waals surface area contributed by atoms with Crippen LogP contribution < -0.4 is 10.2 Å². The predicted molar refractivity (Wildman–Crippen MR) is 104 cm³/mol. The van der Waals surface area contributed by atoms with Crippen LogP contribution in [0.2, 0.25) is 0 Å². The van der Waals surface area contributed by atoms with Gasteiger partial charge in [-0.3, -0.25) is 19.7 Å². The Morgan fingerprint density at radius 1 is 1.28 bits per heavy atom. The summed E-state index contributed by atoms with van der Waals surface area (Å²) in [6.45, 7) is 2.16. The minimum Gasteiger partial charge on any atom is -0.352 e. The first-order chi connectivity index (χ1) is 13.8. The first-order valence-electron chi connectivity index (χ1n) is 9.45. The molecule has 0 aromatic heterocycles. The Balaban J connectivity index is 1.41.